The standard InChI is InChI=1S/C20H21IN2O/c21-16-10-11-17-18(12-9-15-6-2-1-3-7-15)22-23(19(17)14-16)20-8-4-5-13-24-20/h1-3,6-7,9-12,14,17,19-20H,4-5,8,13H2/b12-9+. The largest absolute Gasteiger partial charge is 0.357 e. The first-order valence-corrected chi connectivity index (χ1v) is 9.66. The molecule has 4 heteroatoms. The first-order valence-electron chi connectivity index (χ1n) is 8.58. The molecule has 24 heavy (non-hydrogen) atoms. The van der Waals surface area contributed by atoms with E-state index in [4.69, 9.17) is 9.84 Å². The van der Waals surface area contributed by atoms with Gasteiger partial charge in [-0.2, -0.15) is 5.10 Å². The maximum absolute atomic E-state index is 6.00. The van der Waals surface area contributed by atoms with Gasteiger partial charge in [0.05, 0.1) is 11.8 Å². The van der Waals surface area contributed by atoms with Gasteiger partial charge in [-0.15, -0.1) is 0 Å². The average Bonchev–Trinajstić information content (AvgIpc) is 2.99. The number of fused-ring (bicyclic) bond motifs is 1. The Morgan fingerprint density at radius 2 is 2.04 bits per heavy atom. The third-order valence-electron chi connectivity index (χ3n) is 4.74. The summed E-state index contributed by atoms with van der Waals surface area (Å²) in [6.45, 7) is 0.847. The molecule has 1 aliphatic carbocycles. The van der Waals surface area contributed by atoms with Crippen LogP contribution in [0.1, 0.15) is 24.8 Å². The molecule has 0 radical (unpaired) electrons. The Kier molecular flexibility index (Phi) is 4.85. The fourth-order valence-corrected chi connectivity index (χ4v) is 4.07. The molecule has 1 aromatic carbocycles. The fourth-order valence-electron chi connectivity index (χ4n) is 3.49. The Balaban J connectivity index is 1.60. The number of halogens is 1. The lowest BCUT2D eigenvalue weighted by atomic mass is 9.91. The van der Waals surface area contributed by atoms with Gasteiger partial charge in [-0.25, -0.2) is 0 Å². The van der Waals surface area contributed by atoms with Gasteiger partial charge in [0.1, 0.15) is 6.23 Å². The summed E-state index contributed by atoms with van der Waals surface area (Å²) in [6, 6.07) is 10.7. The van der Waals surface area contributed by atoms with E-state index in [2.05, 4.69) is 82.2 Å². The van der Waals surface area contributed by atoms with E-state index < -0.39 is 0 Å². The minimum atomic E-state index is 0.112. The zero-order chi connectivity index (χ0) is 16.4. The molecule has 0 bridgehead atoms. The molecule has 0 saturated carbocycles. The summed E-state index contributed by atoms with van der Waals surface area (Å²) in [4.78, 5) is 0. The van der Waals surface area contributed by atoms with Crippen LogP contribution in [0.5, 0.6) is 0 Å². The monoisotopic (exact) mass is 432 g/mol. The molecular formula is C20H21IN2O. The highest BCUT2D eigenvalue weighted by molar-refractivity contribution is 14.1. The quantitative estimate of drug-likeness (QED) is 0.643. The molecule has 2 heterocycles. The van der Waals surface area contributed by atoms with Gasteiger partial charge < -0.3 is 4.74 Å². The van der Waals surface area contributed by atoms with Gasteiger partial charge in [-0.3, -0.25) is 5.01 Å². The molecule has 1 fully saturated rings. The first kappa shape index (κ1) is 16.1. The van der Waals surface area contributed by atoms with Crippen molar-refractivity contribution in [2.45, 2.75) is 31.5 Å². The van der Waals surface area contributed by atoms with Crippen molar-refractivity contribution in [1.82, 2.24) is 5.01 Å². The normalized spacial score (nSPS) is 29.5. The SMILES string of the molecule is IC1=CC2C(C=C1)C(/C=C/c1ccccc1)=NN2C1CCCCO1. The van der Waals surface area contributed by atoms with Crippen LogP contribution in [0.4, 0.5) is 0 Å². The predicted octanol–water partition coefficient (Wildman–Crippen LogP) is 4.77. The van der Waals surface area contributed by atoms with Crippen LogP contribution in [0.2, 0.25) is 0 Å². The zero-order valence-electron chi connectivity index (χ0n) is 13.5. The molecule has 1 aromatic rings. The third kappa shape index (κ3) is 3.35. The van der Waals surface area contributed by atoms with Gasteiger partial charge in [-0.1, -0.05) is 48.6 Å². The van der Waals surface area contributed by atoms with Crippen molar-refractivity contribution in [2.75, 3.05) is 6.61 Å². The second-order valence-electron chi connectivity index (χ2n) is 6.40. The topological polar surface area (TPSA) is 24.8 Å². The molecule has 3 atom stereocenters. The number of allylic oxidation sites excluding steroid dienone is 3. The highest BCUT2D eigenvalue weighted by Gasteiger charge is 2.39. The van der Waals surface area contributed by atoms with Crippen LogP contribution in [0, 0.1) is 5.92 Å². The molecule has 0 aromatic heterocycles. The highest BCUT2D eigenvalue weighted by atomic mass is 127. The molecule has 3 aliphatic rings. The van der Waals surface area contributed by atoms with Crippen molar-refractivity contribution >= 4 is 34.4 Å². The van der Waals surface area contributed by atoms with Gasteiger partial charge in [-0.05, 0) is 59.6 Å². The first-order chi connectivity index (χ1) is 11.8. The smallest absolute Gasteiger partial charge is 0.146 e. The number of rotatable bonds is 3. The van der Waals surface area contributed by atoms with Crippen molar-refractivity contribution in [2.24, 2.45) is 11.0 Å². The van der Waals surface area contributed by atoms with Gasteiger partial charge in [0, 0.05) is 16.1 Å². The second-order valence-corrected chi connectivity index (χ2v) is 7.64. The molecule has 124 valence electrons. The van der Waals surface area contributed by atoms with E-state index >= 15 is 0 Å². The summed E-state index contributed by atoms with van der Waals surface area (Å²) in [7, 11) is 0. The summed E-state index contributed by atoms with van der Waals surface area (Å²) in [5, 5.41) is 7.14. The van der Waals surface area contributed by atoms with Crippen LogP contribution in [0.3, 0.4) is 0 Å². The predicted molar refractivity (Wildman–Crippen MR) is 107 cm³/mol. The number of benzene rings is 1. The Morgan fingerprint density at radius 3 is 2.83 bits per heavy atom. The van der Waals surface area contributed by atoms with Crippen LogP contribution in [-0.4, -0.2) is 29.6 Å². The van der Waals surface area contributed by atoms with Crippen molar-refractivity contribution < 1.29 is 4.74 Å². The Labute approximate surface area is 156 Å². The van der Waals surface area contributed by atoms with E-state index in [1.807, 2.05) is 6.07 Å². The molecule has 0 spiro atoms. The maximum Gasteiger partial charge on any atom is 0.146 e. The molecule has 0 N–H and O–H groups in total. The maximum atomic E-state index is 6.00. The summed E-state index contributed by atoms with van der Waals surface area (Å²) in [5.41, 5.74) is 2.32. The van der Waals surface area contributed by atoms with E-state index in [0.717, 1.165) is 25.2 Å². The molecular weight excluding hydrogens is 411 g/mol. The Bertz CT molecular complexity index is 702. The molecule has 3 unspecified atom stereocenters. The molecule has 0 amide bonds. The van der Waals surface area contributed by atoms with Crippen molar-refractivity contribution in [1.29, 1.82) is 0 Å². The molecule has 2 aliphatic heterocycles. The number of ether oxygens (including phenoxy) is 1. The number of hydrogen-bond donors (Lipinski definition) is 0. The van der Waals surface area contributed by atoms with Crippen LogP contribution < -0.4 is 0 Å². The highest BCUT2D eigenvalue weighted by Crippen LogP contribution is 2.35. The van der Waals surface area contributed by atoms with Gasteiger partial charge >= 0.3 is 0 Å². The Hall–Kier alpha value is -1.40. The minimum absolute atomic E-state index is 0.112. The fraction of sp³-hybridized carbons (Fsp3) is 0.350. The average molecular weight is 432 g/mol. The van der Waals surface area contributed by atoms with Crippen LogP contribution in [0.25, 0.3) is 6.08 Å². The van der Waals surface area contributed by atoms with E-state index in [1.54, 1.807) is 0 Å². The zero-order valence-corrected chi connectivity index (χ0v) is 15.7. The van der Waals surface area contributed by atoms with Crippen molar-refractivity contribution in [3.05, 3.63) is 63.8 Å². The number of nitrogens with zero attached hydrogens (tertiary/aromatic N) is 2. The van der Waals surface area contributed by atoms with E-state index in [0.29, 0.717) is 5.92 Å². The van der Waals surface area contributed by atoms with Crippen molar-refractivity contribution in [3.8, 4) is 0 Å². The summed E-state index contributed by atoms with van der Waals surface area (Å²) in [5.74, 6) is 0.314. The summed E-state index contributed by atoms with van der Waals surface area (Å²) < 4.78 is 7.27. The number of hydrogen-bond acceptors (Lipinski definition) is 3. The summed E-state index contributed by atoms with van der Waals surface area (Å²) >= 11 is 2.39. The van der Waals surface area contributed by atoms with Gasteiger partial charge in [0.15, 0.2) is 0 Å². The van der Waals surface area contributed by atoms with Crippen molar-refractivity contribution in [3.63, 3.8) is 0 Å². The third-order valence-corrected chi connectivity index (χ3v) is 5.45. The van der Waals surface area contributed by atoms with E-state index in [-0.39, 0.29) is 12.3 Å². The lowest BCUT2D eigenvalue weighted by Crippen LogP contribution is -2.42. The van der Waals surface area contributed by atoms with Crippen LogP contribution >= 0.6 is 22.6 Å². The van der Waals surface area contributed by atoms with Crippen LogP contribution in [0.15, 0.2) is 63.3 Å². The number of hydrazone groups is 1. The summed E-state index contributed by atoms with van der Waals surface area (Å²) in [6.07, 6.45) is 14.7. The molecule has 4 rings (SSSR count). The van der Waals surface area contributed by atoms with Gasteiger partial charge in [0.2, 0.25) is 0 Å². The molecule has 1 saturated heterocycles. The second kappa shape index (κ2) is 7.23. The lowest BCUT2D eigenvalue weighted by molar-refractivity contribution is -0.0929. The van der Waals surface area contributed by atoms with Crippen LogP contribution in [-0.2, 0) is 4.74 Å². The van der Waals surface area contributed by atoms with E-state index in [9.17, 15) is 0 Å². The van der Waals surface area contributed by atoms with Gasteiger partial charge in [0.25, 0.3) is 0 Å². The minimum Gasteiger partial charge on any atom is -0.357 e. The van der Waals surface area contributed by atoms with E-state index in [1.165, 1.54) is 15.6 Å². The Morgan fingerprint density at radius 1 is 1.17 bits per heavy atom. The lowest BCUT2D eigenvalue weighted by Gasteiger charge is -2.35. The molecule has 3 nitrogen and oxygen atoms in total.